The number of amides is 1. The van der Waals surface area contributed by atoms with Gasteiger partial charge in [-0.3, -0.25) is 14.6 Å². The molecule has 8 nitrogen and oxygen atoms in total. The summed E-state index contributed by atoms with van der Waals surface area (Å²) in [6.45, 7) is 4.26. The first-order valence-electron chi connectivity index (χ1n) is 11.8. The van der Waals surface area contributed by atoms with Crippen LogP contribution in [0.1, 0.15) is 12.8 Å². The summed E-state index contributed by atoms with van der Waals surface area (Å²) in [5, 5.41) is 0.652. The number of nitrogens with zero attached hydrogens (tertiary/aromatic N) is 3. The second-order valence-corrected chi connectivity index (χ2v) is 12.4. The Morgan fingerprint density at radius 1 is 1.19 bits per heavy atom. The van der Waals surface area contributed by atoms with Crippen LogP contribution in [-0.4, -0.2) is 82.7 Å². The molecule has 1 amide bonds. The highest BCUT2D eigenvalue weighted by atomic mass is 32.2. The van der Waals surface area contributed by atoms with E-state index in [9.17, 15) is 13.2 Å². The first-order valence-corrected chi connectivity index (χ1v) is 15.5. The van der Waals surface area contributed by atoms with Gasteiger partial charge in [-0.15, -0.1) is 11.8 Å². The number of anilines is 1. The molecule has 0 saturated carbocycles. The van der Waals surface area contributed by atoms with Gasteiger partial charge in [0.2, 0.25) is 5.91 Å². The molecule has 2 aromatic carbocycles. The molecule has 0 atom stereocenters. The van der Waals surface area contributed by atoms with Crippen LogP contribution >= 0.6 is 23.1 Å². The van der Waals surface area contributed by atoms with Gasteiger partial charge >= 0.3 is 0 Å². The Kier molecular flexibility index (Phi) is 9.24. The molecule has 1 saturated heterocycles. The number of carbonyl (C=O) groups is 1. The summed E-state index contributed by atoms with van der Waals surface area (Å²) in [4.78, 5) is 23.5. The second-order valence-electron chi connectivity index (χ2n) is 8.43. The van der Waals surface area contributed by atoms with E-state index in [1.165, 1.54) is 30.6 Å². The van der Waals surface area contributed by atoms with Gasteiger partial charge in [0, 0.05) is 37.5 Å². The number of sulfone groups is 1. The normalized spacial score (nSPS) is 14.7. The Labute approximate surface area is 220 Å². The maximum atomic E-state index is 13.4. The molecule has 1 fully saturated rings. The van der Waals surface area contributed by atoms with Gasteiger partial charge in [-0.2, -0.15) is 0 Å². The van der Waals surface area contributed by atoms with Crippen molar-refractivity contribution in [3.05, 3.63) is 42.5 Å². The number of thiazole rings is 1. The number of thioether (sulfide) groups is 1. The number of fused-ring (bicyclic) bond motifs is 1. The standard InChI is InChI=1S/C25H31N3O5S3/c1-32-19-5-8-21(9-6-19)36(30,31)17-3-4-24(29)28(12-11-27-13-15-33-16-14-27)25-26-22-10-7-20(34-2)18-23(22)35-25/h5-10,18H,3-4,11-17H2,1-2H3. The van der Waals surface area contributed by atoms with Gasteiger partial charge in [0.15, 0.2) is 15.0 Å². The van der Waals surface area contributed by atoms with Gasteiger partial charge in [-0.1, -0.05) is 11.3 Å². The zero-order valence-electron chi connectivity index (χ0n) is 20.5. The van der Waals surface area contributed by atoms with Crippen LogP contribution in [0.25, 0.3) is 10.2 Å². The molecule has 0 unspecified atom stereocenters. The van der Waals surface area contributed by atoms with Crippen LogP contribution in [0.3, 0.4) is 0 Å². The van der Waals surface area contributed by atoms with E-state index in [1.54, 1.807) is 28.8 Å². The van der Waals surface area contributed by atoms with E-state index in [4.69, 9.17) is 14.5 Å². The quantitative estimate of drug-likeness (QED) is 0.332. The van der Waals surface area contributed by atoms with Gasteiger partial charge in [0.05, 0.1) is 41.2 Å². The monoisotopic (exact) mass is 549 g/mol. The molecule has 1 aromatic heterocycles. The highest BCUT2D eigenvalue weighted by Crippen LogP contribution is 2.32. The third-order valence-corrected chi connectivity index (χ3v) is 9.67. The summed E-state index contributed by atoms with van der Waals surface area (Å²) in [7, 11) is -1.96. The van der Waals surface area contributed by atoms with Crippen molar-refractivity contribution in [3.8, 4) is 5.75 Å². The molecule has 0 N–H and O–H groups in total. The number of morpholine rings is 1. The molecule has 36 heavy (non-hydrogen) atoms. The van der Waals surface area contributed by atoms with E-state index in [2.05, 4.69) is 11.0 Å². The van der Waals surface area contributed by atoms with Crippen LogP contribution < -0.4 is 9.64 Å². The van der Waals surface area contributed by atoms with Crippen LogP contribution in [0, 0.1) is 0 Å². The van der Waals surface area contributed by atoms with Crippen molar-refractivity contribution in [3.63, 3.8) is 0 Å². The van der Waals surface area contributed by atoms with Crippen LogP contribution in [-0.2, 0) is 19.4 Å². The summed E-state index contributed by atoms with van der Waals surface area (Å²) in [6, 6.07) is 12.4. The van der Waals surface area contributed by atoms with Gasteiger partial charge in [0.25, 0.3) is 0 Å². The van der Waals surface area contributed by atoms with E-state index in [-0.39, 0.29) is 29.4 Å². The summed E-state index contributed by atoms with van der Waals surface area (Å²) >= 11 is 3.16. The SMILES string of the molecule is COc1ccc(S(=O)(=O)CCCC(=O)N(CCN2CCOCC2)c2nc3ccc(SC)cc3s2)cc1. The summed E-state index contributed by atoms with van der Waals surface area (Å²) in [6.07, 6.45) is 2.40. The first-order chi connectivity index (χ1) is 17.4. The van der Waals surface area contributed by atoms with Gasteiger partial charge in [-0.05, 0) is 55.1 Å². The zero-order valence-corrected chi connectivity index (χ0v) is 23.0. The van der Waals surface area contributed by atoms with E-state index >= 15 is 0 Å². The lowest BCUT2D eigenvalue weighted by atomic mass is 10.3. The van der Waals surface area contributed by atoms with Crippen molar-refractivity contribution in [2.45, 2.75) is 22.6 Å². The lowest BCUT2D eigenvalue weighted by Gasteiger charge is -2.29. The number of hydrogen-bond donors (Lipinski definition) is 0. The number of rotatable bonds is 11. The lowest BCUT2D eigenvalue weighted by molar-refractivity contribution is -0.118. The first kappa shape index (κ1) is 26.9. The summed E-state index contributed by atoms with van der Waals surface area (Å²) in [5.41, 5.74) is 0.860. The molecule has 0 bridgehead atoms. The predicted molar refractivity (Wildman–Crippen MR) is 145 cm³/mol. The lowest BCUT2D eigenvalue weighted by Crippen LogP contribution is -2.43. The maximum absolute atomic E-state index is 13.4. The largest absolute Gasteiger partial charge is 0.497 e. The molecule has 194 valence electrons. The fourth-order valence-electron chi connectivity index (χ4n) is 3.98. The van der Waals surface area contributed by atoms with Crippen molar-refractivity contribution in [1.82, 2.24) is 9.88 Å². The average molecular weight is 550 g/mol. The number of methoxy groups -OCH3 is 1. The topological polar surface area (TPSA) is 89.0 Å². The molecular weight excluding hydrogens is 518 g/mol. The highest BCUT2D eigenvalue weighted by Gasteiger charge is 2.23. The van der Waals surface area contributed by atoms with Crippen molar-refractivity contribution < 1.29 is 22.7 Å². The minimum atomic E-state index is -3.49. The number of hydrogen-bond acceptors (Lipinski definition) is 9. The van der Waals surface area contributed by atoms with Crippen molar-refractivity contribution in [2.75, 3.05) is 63.4 Å². The van der Waals surface area contributed by atoms with Gasteiger partial charge < -0.3 is 9.47 Å². The number of aromatic nitrogens is 1. The molecule has 0 radical (unpaired) electrons. The molecular formula is C25H31N3O5S3. The third-order valence-electron chi connectivity index (χ3n) is 6.08. The number of ether oxygens (including phenoxy) is 2. The smallest absolute Gasteiger partial charge is 0.228 e. The molecule has 0 spiro atoms. The molecule has 4 rings (SSSR count). The minimum absolute atomic E-state index is 0.0979. The van der Waals surface area contributed by atoms with Gasteiger partial charge in [-0.25, -0.2) is 13.4 Å². The van der Waals surface area contributed by atoms with Crippen molar-refractivity contribution in [2.24, 2.45) is 0 Å². The molecule has 0 aliphatic carbocycles. The fourth-order valence-corrected chi connectivity index (χ4v) is 6.85. The van der Waals surface area contributed by atoms with Crippen LogP contribution in [0.5, 0.6) is 5.75 Å². The van der Waals surface area contributed by atoms with Crippen LogP contribution in [0.4, 0.5) is 5.13 Å². The fraction of sp³-hybridized carbons (Fsp3) is 0.440. The number of benzene rings is 2. The van der Waals surface area contributed by atoms with Crippen molar-refractivity contribution >= 4 is 54.2 Å². The summed E-state index contributed by atoms with van der Waals surface area (Å²) in [5.74, 6) is 0.386. The van der Waals surface area contributed by atoms with Crippen LogP contribution in [0.15, 0.2) is 52.3 Å². The Hall–Kier alpha value is -2.18. The molecule has 2 heterocycles. The van der Waals surface area contributed by atoms with Gasteiger partial charge in [0.1, 0.15) is 5.75 Å². The molecule has 11 heteroatoms. The minimum Gasteiger partial charge on any atom is -0.497 e. The molecule has 1 aliphatic heterocycles. The third kappa shape index (κ3) is 6.77. The maximum Gasteiger partial charge on any atom is 0.228 e. The van der Waals surface area contributed by atoms with Crippen molar-refractivity contribution in [1.29, 1.82) is 0 Å². The predicted octanol–water partition coefficient (Wildman–Crippen LogP) is 3.95. The van der Waals surface area contributed by atoms with E-state index in [0.717, 1.165) is 28.2 Å². The Balaban J connectivity index is 1.45. The summed E-state index contributed by atoms with van der Waals surface area (Å²) < 4.78 is 37.1. The van der Waals surface area contributed by atoms with E-state index in [0.29, 0.717) is 37.2 Å². The van der Waals surface area contributed by atoms with E-state index in [1.807, 2.05) is 18.4 Å². The Bertz CT molecular complexity index is 1270. The molecule has 3 aromatic rings. The average Bonchev–Trinajstić information content (AvgIpc) is 3.32. The highest BCUT2D eigenvalue weighted by molar-refractivity contribution is 7.98. The van der Waals surface area contributed by atoms with Crippen LogP contribution in [0.2, 0.25) is 0 Å². The number of carbonyl (C=O) groups excluding carboxylic acids is 1. The Morgan fingerprint density at radius 3 is 2.64 bits per heavy atom. The zero-order chi connectivity index (χ0) is 25.5. The Morgan fingerprint density at radius 2 is 1.94 bits per heavy atom. The second kappa shape index (κ2) is 12.4. The van der Waals surface area contributed by atoms with E-state index < -0.39 is 9.84 Å². The molecule has 1 aliphatic rings.